The number of rotatable bonds is 15. The van der Waals surface area contributed by atoms with Gasteiger partial charge >= 0.3 is 5.97 Å². The fourth-order valence-corrected chi connectivity index (χ4v) is 2.78. The van der Waals surface area contributed by atoms with Crippen LogP contribution in [0.25, 0.3) is 0 Å². The highest BCUT2D eigenvalue weighted by molar-refractivity contribution is 7.98. The van der Waals surface area contributed by atoms with Gasteiger partial charge in [-0.25, -0.2) is 4.79 Å². The Morgan fingerprint density at radius 1 is 1.00 bits per heavy atom. The van der Waals surface area contributed by atoms with E-state index in [2.05, 4.69) is 12.7 Å². The molecule has 0 aromatic rings. The Balaban J connectivity index is 3.23. The average molecular weight is 319 g/mol. The van der Waals surface area contributed by atoms with E-state index in [-0.39, 0.29) is 12.0 Å². The summed E-state index contributed by atoms with van der Waals surface area (Å²) in [7, 11) is 0. The fraction of sp³-hybridized carbons (Fsp3) is 0.941. The first kappa shape index (κ1) is 20.8. The number of esters is 1. The Bertz CT molecular complexity index is 237. The van der Waals surface area contributed by atoms with Crippen molar-refractivity contribution in [2.75, 3.05) is 18.6 Å². The Labute approximate surface area is 135 Å². The van der Waals surface area contributed by atoms with E-state index < -0.39 is 0 Å². The second-order valence-electron chi connectivity index (χ2n) is 5.83. The van der Waals surface area contributed by atoms with Gasteiger partial charge in [0.25, 0.3) is 0 Å². The Morgan fingerprint density at radius 2 is 1.52 bits per heavy atom. The molecule has 126 valence electrons. The summed E-state index contributed by atoms with van der Waals surface area (Å²) in [6, 6.07) is -0.194. The van der Waals surface area contributed by atoms with Crippen molar-refractivity contribution in [1.82, 2.24) is 0 Å². The molecule has 0 aliphatic rings. The van der Waals surface area contributed by atoms with Gasteiger partial charge in [0.1, 0.15) is 0 Å². The first-order valence-corrected chi connectivity index (χ1v) is 10.1. The van der Waals surface area contributed by atoms with Gasteiger partial charge in [0.2, 0.25) is 0 Å². The van der Waals surface area contributed by atoms with Gasteiger partial charge in [0.15, 0.2) is 6.04 Å². The normalized spacial score (nSPS) is 12.3. The quantitative estimate of drug-likeness (QED) is 0.369. The lowest BCUT2D eigenvalue weighted by atomic mass is 10.1. The summed E-state index contributed by atoms with van der Waals surface area (Å²) in [4.78, 5) is 11.6. The molecular formula is C17H36NO2S+. The van der Waals surface area contributed by atoms with Crippen LogP contribution in [0.15, 0.2) is 0 Å². The van der Waals surface area contributed by atoms with Crippen LogP contribution in [0.5, 0.6) is 0 Å². The zero-order valence-electron chi connectivity index (χ0n) is 14.2. The highest BCUT2D eigenvalue weighted by atomic mass is 32.2. The van der Waals surface area contributed by atoms with Gasteiger partial charge in [0, 0.05) is 6.42 Å². The SMILES string of the molecule is CCCCCCCCCCCCOC(=O)C([NH3+])CCSC. The fourth-order valence-electron chi connectivity index (χ4n) is 2.26. The largest absolute Gasteiger partial charge is 0.461 e. The Morgan fingerprint density at radius 3 is 2.05 bits per heavy atom. The third-order valence-corrected chi connectivity index (χ3v) is 4.39. The number of quaternary nitrogens is 1. The van der Waals surface area contributed by atoms with Crippen molar-refractivity contribution < 1.29 is 15.3 Å². The van der Waals surface area contributed by atoms with Crippen LogP contribution >= 0.6 is 11.8 Å². The molecule has 0 saturated carbocycles. The monoisotopic (exact) mass is 318 g/mol. The van der Waals surface area contributed by atoms with Gasteiger partial charge in [-0.15, -0.1) is 0 Å². The molecule has 3 nitrogen and oxygen atoms in total. The van der Waals surface area contributed by atoms with E-state index in [4.69, 9.17) is 4.74 Å². The van der Waals surface area contributed by atoms with Crippen LogP contribution in [0.1, 0.15) is 77.6 Å². The minimum absolute atomic E-state index is 0.125. The summed E-state index contributed by atoms with van der Waals surface area (Å²) in [5, 5.41) is 0. The molecule has 0 fully saturated rings. The molecule has 1 atom stereocenters. The van der Waals surface area contributed by atoms with Gasteiger partial charge in [-0.05, 0) is 18.4 Å². The summed E-state index contributed by atoms with van der Waals surface area (Å²) < 4.78 is 5.26. The molecule has 0 bridgehead atoms. The van der Waals surface area contributed by atoms with E-state index in [1.807, 2.05) is 6.26 Å². The molecular weight excluding hydrogens is 282 g/mol. The minimum atomic E-state index is -0.194. The Hall–Kier alpha value is -0.220. The summed E-state index contributed by atoms with van der Waals surface area (Å²) in [5.41, 5.74) is 3.86. The van der Waals surface area contributed by atoms with Crippen molar-refractivity contribution in [1.29, 1.82) is 0 Å². The van der Waals surface area contributed by atoms with Crippen LogP contribution < -0.4 is 5.73 Å². The van der Waals surface area contributed by atoms with Crippen molar-refractivity contribution in [3.8, 4) is 0 Å². The van der Waals surface area contributed by atoms with Crippen LogP contribution in [0, 0.1) is 0 Å². The highest BCUT2D eigenvalue weighted by Gasteiger charge is 2.17. The number of hydrogen-bond acceptors (Lipinski definition) is 3. The van der Waals surface area contributed by atoms with E-state index in [9.17, 15) is 4.79 Å². The first-order valence-electron chi connectivity index (χ1n) is 8.71. The molecule has 0 spiro atoms. The third-order valence-electron chi connectivity index (χ3n) is 3.75. The lowest BCUT2D eigenvalue weighted by Gasteiger charge is -2.08. The molecule has 0 heterocycles. The van der Waals surface area contributed by atoms with Gasteiger partial charge in [-0.3, -0.25) is 0 Å². The summed E-state index contributed by atoms with van der Waals surface area (Å²) in [6.07, 6.45) is 15.9. The zero-order chi connectivity index (χ0) is 15.8. The smallest absolute Gasteiger partial charge is 0.364 e. The lowest BCUT2D eigenvalue weighted by Crippen LogP contribution is -2.65. The molecule has 1 unspecified atom stereocenters. The van der Waals surface area contributed by atoms with Crippen molar-refractivity contribution >= 4 is 17.7 Å². The molecule has 0 aromatic heterocycles. The second-order valence-corrected chi connectivity index (χ2v) is 6.81. The predicted molar refractivity (Wildman–Crippen MR) is 92.5 cm³/mol. The average Bonchev–Trinajstić information content (AvgIpc) is 2.49. The minimum Gasteiger partial charge on any atom is -0.461 e. The number of carbonyl (C=O) groups is 1. The molecule has 0 amide bonds. The van der Waals surface area contributed by atoms with Crippen LogP contribution in [0.2, 0.25) is 0 Å². The molecule has 0 aliphatic carbocycles. The molecule has 21 heavy (non-hydrogen) atoms. The first-order chi connectivity index (χ1) is 10.2. The van der Waals surface area contributed by atoms with Crippen molar-refractivity contribution in [3.63, 3.8) is 0 Å². The maximum atomic E-state index is 11.6. The second kappa shape index (κ2) is 16.2. The van der Waals surface area contributed by atoms with Crippen molar-refractivity contribution in [2.45, 2.75) is 83.6 Å². The van der Waals surface area contributed by atoms with Gasteiger partial charge < -0.3 is 10.5 Å². The van der Waals surface area contributed by atoms with E-state index in [0.717, 1.165) is 18.6 Å². The number of carbonyl (C=O) groups excluding carboxylic acids is 1. The van der Waals surface area contributed by atoms with Crippen molar-refractivity contribution in [3.05, 3.63) is 0 Å². The number of thioether (sulfide) groups is 1. The van der Waals surface area contributed by atoms with Crippen LogP contribution in [0.4, 0.5) is 0 Å². The van der Waals surface area contributed by atoms with Crippen LogP contribution in [0.3, 0.4) is 0 Å². The number of unbranched alkanes of at least 4 members (excludes halogenated alkanes) is 9. The highest BCUT2D eigenvalue weighted by Crippen LogP contribution is 2.10. The molecule has 0 saturated heterocycles. The van der Waals surface area contributed by atoms with Crippen LogP contribution in [-0.2, 0) is 9.53 Å². The summed E-state index contributed by atoms with van der Waals surface area (Å²) >= 11 is 1.75. The van der Waals surface area contributed by atoms with Gasteiger partial charge in [-0.2, -0.15) is 11.8 Å². The Kier molecular flexibility index (Phi) is 16.0. The van der Waals surface area contributed by atoms with Gasteiger partial charge in [-0.1, -0.05) is 64.7 Å². The predicted octanol–water partition coefficient (Wildman–Crippen LogP) is 3.81. The molecule has 0 aromatic carbocycles. The van der Waals surface area contributed by atoms with E-state index in [1.165, 1.54) is 57.8 Å². The van der Waals surface area contributed by atoms with E-state index >= 15 is 0 Å². The van der Waals surface area contributed by atoms with Gasteiger partial charge in [0.05, 0.1) is 6.61 Å². The standard InChI is InChI=1S/C17H35NO2S/c1-3-4-5-6-7-8-9-10-11-12-14-20-17(19)16(18)13-15-21-2/h16H,3-15,18H2,1-2H3/p+1. The molecule has 0 aliphatic heterocycles. The van der Waals surface area contributed by atoms with E-state index in [1.54, 1.807) is 11.8 Å². The third kappa shape index (κ3) is 14.5. The van der Waals surface area contributed by atoms with E-state index in [0.29, 0.717) is 6.61 Å². The number of hydrogen-bond donors (Lipinski definition) is 1. The zero-order valence-corrected chi connectivity index (χ0v) is 15.0. The lowest BCUT2D eigenvalue weighted by molar-refractivity contribution is -0.408. The summed E-state index contributed by atoms with van der Waals surface area (Å²) in [5.74, 6) is 0.849. The van der Waals surface area contributed by atoms with Crippen molar-refractivity contribution in [2.24, 2.45) is 0 Å². The molecule has 0 radical (unpaired) electrons. The molecule has 3 N–H and O–H groups in total. The number of ether oxygens (including phenoxy) is 1. The maximum absolute atomic E-state index is 11.6. The maximum Gasteiger partial charge on any atom is 0.364 e. The molecule has 4 heteroatoms. The summed E-state index contributed by atoms with van der Waals surface area (Å²) in [6.45, 7) is 2.83. The topological polar surface area (TPSA) is 53.9 Å². The van der Waals surface area contributed by atoms with Crippen LogP contribution in [-0.4, -0.2) is 30.6 Å². The molecule has 0 rings (SSSR count).